The van der Waals surface area contributed by atoms with Crippen molar-refractivity contribution < 1.29 is 28.6 Å². The van der Waals surface area contributed by atoms with E-state index in [1.165, 1.54) is 263 Å². The number of rotatable bonds is 64. The second kappa shape index (κ2) is 66.1. The lowest BCUT2D eigenvalue weighted by atomic mass is 10.0. The summed E-state index contributed by atoms with van der Waals surface area (Å²) in [6.45, 7) is 6.65. The molecule has 1 atom stereocenters. The molecule has 0 aromatic rings. The fraction of sp³-hybridized carbons (Fsp3) is 0.873. The molecule has 0 spiro atoms. The van der Waals surface area contributed by atoms with E-state index in [0.29, 0.717) is 19.3 Å². The minimum absolute atomic E-state index is 0.0728. The first-order valence-electron chi connectivity index (χ1n) is 34.5. The maximum absolute atomic E-state index is 12.9. The summed E-state index contributed by atoms with van der Waals surface area (Å²) in [5, 5.41) is 0. The van der Waals surface area contributed by atoms with Crippen molar-refractivity contribution in [1.29, 1.82) is 0 Å². The van der Waals surface area contributed by atoms with Crippen LogP contribution < -0.4 is 0 Å². The molecule has 0 rings (SSSR count). The topological polar surface area (TPSA) is 78.9 Å². The van der Waals surface area contributed by atoms with Crippen molar-refractivity contribution in [3.05, 3.63) is 36.5 Å². The summed E-state index contributed by atoms with van der Waals surface area (Å²) in [5.74, 6) is -0.867. The first kappa shape index (κ1) is 74.6. The summed E-state index contributed by atoms with van der Waals surface area (Å²) in [4.78, 5) is 38.2. The highest BCUT2D eigenvalue weighted by Gasteiger charge is 2.19. The Morgan fingerprint density at radius 3 is 0.727 bits per heavy atom. The first-order chi connectivity index (χ1) is 38.0. The van der Waals surface area contributed by atoms with Gasteiger partial charge in [-0.1, -0.05) is 340 Å². The largest absolute Gasteiger partial charge is 0.462 e. The highest BCUT2D eigenvalue weighted by Crippen LogP contribution is 2.18. The van der Waals surface area contributed by atoms with Gasteiger partial charge >= 0.3 is 17.9 Å². The average Bonchev–Trinajstić information content (AvgIpc) is 3.43. The molecule has 0 aromatic carbocycles. The molecule has 1 unspecified atom stereocenters. The Balaban J connectivity index is 4.06. The zero-order chi connectivity index (χ0) is 55.7. The predicted molar refractivity (Wildman–Crippen MR) is 335 cm³/mol. The summed E-state index contributed by atoms with van der Waals surface area (Å²) in [7, 11) is 0. The normalized spacial score (nSPS) is 12.2. The zero-order valence-corrected chi connectivity index (χ0v) is 52.0. The Labute approximate surface area is 480 Å². The van der Waals surface area contributed by atoms with E-state index < -0.39 is 6.10 Å². The number of unbranched alkanes of at least 4 members (excludes halogenated alkanes) is 47. The molecule has 0 aliphatic carbocycles. The molecular weight excluding hydrogens is 949 g/mol. The van der Waals surface area contributed by atoms with Gasteiger partial charge in [-0.3, -0.25) is 14.4 Å². The molecule has 0 aliphatic rings. The lowest BCUT2D eigenvalue weighted by Gasteiger charge is -2.18. The van der Waals surface area contributed by atoms with Crippen LogP contribution in [0.4, 0.5) is 0 Å². The number of carbonyl (C=O) groups excluding carboxylic acids is 3. The second-order valence-electron chi connectivity index (χ2n) is 23.5. The van der Waals surface area contributed by atoms with Crippen molar-refractivity contribution in [2.75, 3.05) is 13.2 Å². The third-order valence-corrected chi connectivity index (χ3v) is 15.6. The molecular formula is C71H132O6. The van der Waals surface area contributed by atoms with Gasteiger partial charge in [0.05, 0.1) is 0 Å². The van der Waals surface area contributed by atoms with Crippen LogP contribution in [0.1, 0.15) is 380 Å². The van der Waals surface area contributed by atoms with Gasteiger partial charge in [0.15, 0.2) is 6.10 Å². The first-order valence-corrected chi connectivity index (χ1v) is 34.5. The van der Waals surface area contributed by atoms with Crippen LogP contribution >= 0.6 is 0 Å². The van der Waals surface area contributed by atoms with Crippen LogP contribution in [-0.4, -0.2) is 37.2 Å². The monoisotopic (exact) mass is 1080 g/mol. The van der Waals surface area contributed by atoms with Crippen LogP contribution in [0.25, 0.3) is 0 Å². The average molecular weight is 1080 g/mol. The van der Waals surface area contributed by atoms with Crippen LogP contribution in [0.3, 0.4) is 0 Å². The smallest absolute Gasteiger partial charge is 0.306 e. The minimum atomic E-state index is -0.775. The number of hydrogen-bond acceptors (Lipinski definition) is 6. The standard InChI is InChI=1S/C71H132O6/c1-4-7-10-13-16-19-21-23-25-27-29-31-32-33-34-35-36-37-38-39-41-42-44-46-48-50-52-55-58-61-64-70(73)76-67-68(66-75-69(72)63-60-57-54-18-15-12-9-6-3)77-71(74)65-62-59-56-53-51-49-47-45-43-40-30-28-26-24-22-20-17-14-11-8-5-2/h22,24,28,30,43,45,68H,4-21,23,25-27,29,31-42,44,46-67H2,1-3H3/b24-22-,30-28-,45-43-. The van der Waals surface area contributed by atoms with E-state index in [9.17, 15) is 14.4 Å². The quantitative estimate of drug-likeness (QED) is 0.0261. The molecule has 0 saturated heterocycles. The molecule has 0 bridgehead atoms. The summed E-state index contributed by atoms with van der Waals surface area (Å²) in [5.41, 5.74) is 0. The van der Waals surface area contributed by atoms with Gasteiger partial charge in [-0.25, -0.2) is 0 Å². The van der Waals surface area contributed by atoms with Crippen molar-refractivity contribution in [1.82, 2.24) is 0 Å². The predicted octanol–water partition coefficient (Wildman–Crippen LogP) is 23.6. The Bertz CT molecular complexity index is 1290. The molecule has 0 N–H and O–H groups in total. The molecule has 6 heteroatoms. The van der Waals surface area contributed by atoms with E-state index in [1.54, 1.807) is 0 Å². The Morgan fingerprint density at radius 2 is 0.468 bits per heavy atom. The van der Waals surface area contributed by atoms with Gasteiger partial charge in [0.25, 0.3) is 0 Å². The molecule has 0 aromatic heterocycles. The van der Waals surface area contributed by atoms with Crippen LogP contribution in [-0.2, 0) is 28.6 Å². The summed E-state index contributed by atoms with van der Waals surface area (Å²) in [6, 6.07) is 0. The maximum Gasteiger partial charge on any atom is 0.306 e. The molecule has 77 heavy (non-hydrogen) atoms. The highest BCUT2D eigenvalue weighted by atomic mass is 16.6. The lowest BCUT2D eigenvalue weighted by molar-refractivity contribution is -0.167. The maximum atomic E-state index is 12.9. The van der Waals surface area contributed by atoms with Crippen molar-refractivity contribution in [2.24, 2.45) is 0 Å². The van der Waals surface area contributed by atoms with Gasteiger partial charge in [-0.2, -0.15) is 0 Å². The molecule has 6 nitrogen and oxygen atoms in total. The van der Waals surface area contributed by atoms with Crippen LogP contribution in [0.15, 0.2) is 36.5 Å². The zero-order valence-electron chi connectivity index (χ0n) is 52.0. The van der Waals surface area contributed by atoms with Gasteiger partial charge in [-0.15, -0.1) is 0 Å². The van der Waals surface area contributed by atoms with Gasteiger partial charge in [0, 0.05) is 19.3 Å². The van der Waals surface area contributed by atoms with Crippen LogP contribution in [0.5, 0.6) is 0 Å². The number of allylic oxidation sites excluding steroid dienone is 6. The number of ether oxygens (including phenoxy) is 3. The fourth-order valence-electron chi connectivity index (χ4n) is 10.5. The third kappa shape index (κ3) is 64.3. The van der Waals surface area contributed by atoms with Gasteiger partial charge in [0.1, 0.15) is 13.2 Å². The van der Waals surface area contributed by atoms with E-state index >= 15 is 0 Å². The molecule has 0 aliphatic heterocycles. The molecule has 0 radical (unpaired) electrons. The number of esters is 3. The van der Waals surface area contributed by atoms with Gasteiger partial charge in [-0.05, 0) is 57.8 Å². The second-order valence-corrected chi connectivity index (χ2v) is 23.5. The van der Waals surface area contributed by atoms with Crippen molar-refractivity contribution >= 4 is 17.9 Å². The molecule has 0 amide bonds. The highest BCUT2D eigenvalue weighted by molar-refractivity contribution is 5.71. The van der Waals surface area contributed by atoms with E-state index in [-0.39, 0.29) is 31.1 Å². The lowest BCUT2D eigenvalue weighted by Crippen LogP contribution is -2.30. The minimum Gasteiger partial charge on any atom is -0.462 e. The Kier molecular flexibility index (Phi) is 64.1. The molecule has 0 saturated carbocycles. The van der Waals surface area contributed by atoms with Crippen molar-refractivity contribution in [2.45, 2.75) is 386 Å². The third-order valence-electron chi connectivity index (χ3n) is 15.6. The van der Waals surface area contributed by atoms with Crippen molar-refractivity contribution in [3.63, 3.8) is 0 Å². The SMILES string of the molecule is CCCCCCC/C=C\C/C=C\C/C=C\CCCCCCCCC(=O)OC(COC(=O)CCCCCCCCCC)COC(=O)CCCCCCCCCCCCCCCCCCCCCCCCCCCCCCCC. The Hall–Kier alpha value is -2.37. The van der Waals surface area contributed by atoms with E-state index in [0.717, 1.165) is 77.0 Å². The van der Waals surface area contributed by atoms with Crippen LogP contribution in [0, 0.1) is 0 Å². The van der Waals surface area contributed by atoms with Crippen LogP contribution in [0.2, 0.25) is 0 Å². The summed E-state index contributed by atoms with van der Waals surface area (Å²) >= 11 is 0. The van der Waals surface area contributed by atoms with Gasteiger partial charge < -0.3 is 14.2 Å². The van der Waals surface area contributed by atoms with E-state index in [4.69, 9.17) is 14.2 Å². The molecule has 452 valence electrons. The fourth-order valence-corrected chi connectivity index (χ4v) is 10.5. The Morgan fingerprint density at radius 1 is 0.260 bits per heavy atom. The van der Waals surface area contributed by atoms with Crippen molar-refractivity contribution in [3.8, 4) is 0 Å². The van der Waals surface area contributed by atoms with E-state index in [1.807, 2.05) is 0 Å². The molecule has 0 heterocycles. The summed E-state index contributed by atoms with van der Waals surface area (Å²) in [6.07, 6.45) is 82.0. The van der Waals surface area contributed by atoms with E-state index in [2.05, 4.69) is 57.2 Å². The summed E-state index contributed by atoms with van der Waals surface area (Å²) < 4.78 is 16.9. The van der Waals surface area contributed by atoms with Gasteiger partial charge in [0.2, 0.25) is 0 Å². The number of hydrogen-bond donors (Lipinski definition) is 0. The number of carbonyl (C=O) groups is 3. The molecule has 0 fully saturated rings.